The van der Waals surface area contributed by atoms with Crippen LogP contribution in [0.5, 0.6) is 0 Å². The van der Waals surface area contributed by atoms with E-state index >= 15 is 0 Å². The molecule has 0 unspecified atom stereocenters. The summed E-state index contributed by atoms with van der Waals surface area (Å²) in [4.78, 5) is 11.7. The third kappa shape index (κ3) is 6.57. The van der Waals surface area contributed by atoms with Crippen LogP contribution in [0.1, 0.15) is 38.2 Å². The number of pyridine rings is 1. The largest absolute Gasteiger partial charge is 0.357 e. The van der Waals surface area contributed by atoms with Crippen molar-refractivity contribution < 1.29 is 8.42 Å². The summed E-state index contributed by atoms with van der Waals surface area (Å²) in [5.41, 5.74) is 1.18. The predicted octanol–water partition coefficient (Wildman–Crippen LogP) is 1.59. The van der Waals surface area contributed by atoms with Gasteiger partial charge in [-0.25, -0.2) is 17.7 Å². The smallest absolute Gasteiger partial charge is 0.211 e. The molecule has 3 rings (SSSR count). The molecule has 0 bridgehead atoms. The highest BCUT2D eigenvalue weighted by Gasteiger charge is 2.25. The second-order valence-corrected chi connectivity index (χ2v) is 10.4. The molecule has 0 saturated carbocycles. The van der Waals surface area contributed by atoms with Crippen molar-refractivity contribution in [3.05, 3.63) is 23.9 Å². The molecule has 0 aromatic carbocycles. The van der Waals surface area contributed by atoms with E-state index < -0.39 is 10.0 Å². The lowest BCUT2D eigenvalue weighted by Gasteiger charge is -2.34. The number of sulfonamides is 1. The summed E-state index contributed by atoms with van der Waals surface area (Å²) in [7, 11) is -3.07. The maximum absolute atomic E-state index is 11.7. The highest BCUT2D eigenvalue weighted by atomic mass is 32.2. The van der Waals surface area contributed by atoms with E-state index in [2.05, 4.69) is 46.5 Å². The average Bonchev–Trinajstić information content (AvgIpc) is 2.73. The standard InChI is InChI=1S/C21H36N6O2S/c1-4-22-21(24-16-18-7-13-27(14-8-18)30(3,28)29)25-19-9-11-26(12-10-19)20-6-5-17(2)15-23-20/h5-6,15,18-19H,4,7-14,16H2,1-3H3,(H2,22,24,25). The van der Waals surface area contributed by atoms with Gasteiger partial charge < -0.3 is 15.5 Å². The number of guanidine groups is 1. The van der Waals surface area contributed by atoms with Gasteiger partial charge in [0.15, 0.2) is 5.96 Å². The highest BCUT2D eigenvalue weighted by molar-refractivity contribution is 7.88. The summed E-state index contributed by atoms with van der Waals surface area (Å²) >= 11 is 0. The van der Waals surface area contributed by atoms with Crippen LogP contribution in [0.2, 0.25) is 0 Å². The second kappa shape index (κ2) is 10.4. The number of piperidine rings is 2. The Morgan fingerprint density at radius 2 is 1.87 bits per heavy atom. The van der Waals surface area contributed by atoms with Crippen LogP contribution in [0.15, 0.2) is 23.3 Å². The number of nitrogens with one attached hydrogen (secondary N) is 2. The lowest BCUT2D eigenvalue weighted by atomic mass is 9.98. The van der Waals surface area contributed by atoms with Crippen LogP contribution >= 0.6 is 0 Å². The van der Waals surface area contributed by atoms with Gasteiger partial charge in [0.1, 0.15) is 5.82 Å². The van der Waals surface area contributed by atoms with Gasteiger partial charge in [0.25, 0.3) is 0 Å². The maximum Gasteiger partial charge on any atom is 0.211 e. The first-order valence-corrected chi connectivity index (χ1v) is 12.9. The maximum atomic E-state index is 11.7. The fourth-order valence-corrected chi connectivity index (χ4v) is 4.93. The van der Waals surface area contributed by atoms with E-state index in [0.29, 0.717) is 25.0 Å². The minimum absolute atomic E-state index is 0.400. The van der Waals surface area contributed by atoms with E-state index in [1.54, 1.807) is 4.31 Å². The molecule has 0 aliphatic carbocycles. The minimum atomic E-state index is -3.07. The van der Waals surface area contributed by atoms with E-state index in [-0.39, 0.29) is 0 Å². The number of aromatic nitrogens is 1. The van der Waals surface area contributed by atoms with Crippen LogP contribution in [-0.4, -0.2) is 75.2 Å². The van der Waals surface area contributed by atoms with Crippen molar-refractivity contribution in [2.45, 2.75) is 45.6 Å². The van der Waals surface area contributed by atoms with Crippen LogP contribution in [0, 0.1) is 12.8 Å². The summed E-state index contributed by atoms with van der Waals surface area (Å²) in [6.45, 7) is 8.87. The highest BCUT2D eigenvalue weighted by Crippen LogP contribution is 2.20. The molecule has 2 saturated heterocycles. The van der Waals surface area contributed by atoms with Crippen LogP contribution in [0.4, 0.5) is 5.82 Å². The molecule has 0 spiro atoms. The summed E-state index contributed by atoms with van der Waals surface area (Å²) in [6.07, 6.45) is 7.06. The summed E-state index contributed by atoms with van der Waals surface area (Å²) in [5.74, 6) is 2.36. The van der Waals surface area contributed by atoms with Crippen LogP contribution in [0.25, 0.3) is 0 Å². The Bertz CT molecular complexity index is 795. The van der Waals surface area contributed by atoms with E-state index in [0.717, 1.165) is 63.6 Å². The van der Waals surface area contributed by atoms with Gasteiger partial charge in [-0.1, -0.05) is 6.07 Å². The molecular weight excluding hydrogens is 400 g/mol. The third-order valence-electron chi connectivity index (χ3n) is 5.95. The van der Waals surface area contributed by atoms with E-state index in [1.807, 2.05) is 6.20 Å². The first kappa shape index (κ1) is 22.8. The van der Waals surface area contributed by atoms with Gasteiger partial charge >= 0.3 is 0 Å². The summed E-state index contributed by atoms with van der Waals surface area (Å²) < 4.78 is 24.9. The van der Waals surface area contributed by atoms with Crippen LogP contribution in [-0.2, 0) is 10.0 Å². The number of aryl methyl sites for hydroxylation is 1. The quantitative estimate of drug-likeness (QED) is 0.520. The Labute approximate surface area is 181 Å². The number of anilines is 1. The fraction of sp³-hybridized carbons (Fsp3) is 0.714. The summed E-state index contributed by atoms with van der Waals surface area (Å²) in [5, 5.41) is 6.95. The van der Waals surface area contributed by atoms with Crippen molar-refractivity contribution in [3.63, 3.8) is 0 Å². The molecule has 9 heteroatoms. The lowest BCUT2D eigenvalue weighted by Crippen LogP contribution is -2.49. The zero-order chi connectivity index (χ0) is 21.6. The molecule has 2 aliphatic heterocycles. The normalized spacial score (nSPS) is 20.4. The Hall–Kier alpha value is -1.87. The van der Waals surface area contributed by atoms with Crippen molar-refractivity contribution >= 4 is 21.8 Å². The molecular formula is C21H36N6O2S. The first-order valence-electron chi connectivity index (χ1n) is 11.0. The molecule has 1 aromatic rings. The Morgan fingerprint density at radius 1 is 1.17 bits per heavy atom. The van der Waals surface area contributed by atoms with Crippen LogP contribution < -0.4 is 15.5 Å². The Balaban J connectivity index is 1.47. The van der Waals surface area contributed by atoms with Gasteiger partial charge in [-0.15, -0.1) is 0 Å². The van der Waals surface area contributed by atoms with E-state index in [1.165, 1.54) is 11.8 Å². The van der Waals surface area contributed by atoms with Crippen molar-refractivity contribution in [1.29, 1.82) is 0 Å². The first-order chi connectivity index (χ1) is 14.3. The molecule has 0 amide bonds. The summed E-state index contributed by atoms with van der Waals surface area (Å²) in [6, 6.07) is 4.61. The molecule has 0 atom stereocenters. The number of aliphatic imine (C=N–C) groups is 1. The van der Waals surface area contributed by atoms with Crippen molar-refractivity contribution in [3.8, 4) is 0 Å². The Kier molecular flexibility index (Phi) is 7.93. The van der Waals surface area contributed by atoms with Crippen molar-refractivity contribution in [1.82, 2.24) is 19.9 Å². The number of nitrogens with zero attached hydrogens (tertiary/aromatic N) is 4. The van der Waals surface area contributed by atoms with Crippen LogP contribution in [0.3, 0.4) is 0 Å². The number of hydrogen-bond acceptors (Lipinski definition) is 5. The SMILES string of the molecule is CCNC(=NCC1CCN(S(C)(=O)=O)CC1)NC1CCN(c2ccc(C)cn2)CC1. The molecule has 8 nitrogen and oxygen atoms in total. The van der Waals surface area contributed by atoms with Gasteiger partial charge in [-0.3, -0.25) is 4.99 Å². The second-order valence-electron chi connectivity index (χ2n) is 8.42. The average molecular weight is 437 g/mol. The van der Waals surface area contributed by atoms with E-state index in [9.17, 15) is 8.42 Å². The van der Waals surface area contributed by atoms with Crippen molar-refractivity contribution in [2.75, 3.05) is 50.4 Å². The molecule has 30 heavy (non-hydrogen) atoms. The molecule has 168 valence electrons. The molecule has 2 aliphatic rings. The molecule has 0 radical (unpaired) electrons. The lowest BCUT2D eigenvalue weighted by molar-refractivity contribution is 0.280. The predicted molar refractivity (Wildman–Crippen MR) is 122 cm³/mol. The van der Waals surface area contributed by atoms with Crippen molar-refractivity contribution in [2.24, 2.45) is 10.9 Å². The zero-order valence-corrected chi connectivity index (χ0v) is 19.3. The fourth-order valence-electron chi connectivity index (χ4n) is 4.06. The van der Waals surface area contributed by atoms with Gasteiger partial charge in [0.05, 0.1) is 6.26 Å². The monoisotopic (exact) mass is 436 g/mol. The Morgan fingerprint density at radius 3 is 2.43 bits per heavy atom. The molecule has 3 heterocycles. The third-order valence-corrected chi connectivity index (χ3v) is 7.25. The molecule has 2 fully saturated rings. The van der Waals surface area contributed by atoms with Gasteiger partial charge in [0.2, 0.25) is 10.0 Å². The van der Waals surface area contributed by atoms with Gasteiger partial charge in [-0.05, 0) is 57.1 Å². The topological polar surface area (TPSA) is 89.9 Å². The van der Waals surface area contributed by atoms with E-state index in [4.69, 9.17) is 4.99 Å². The molecule has 2 N–H and O–H groups in total. The zero-order valence-electron chi connectivity index (χ0n) is 18.5. The number of rotatable bonds is 6. The molecule has 1 aromatic heterocycles. The van der Waals surface area contributed by atoms with Gasteiger partial charge in [0, 0.05) is 51.5 Å². The minimum Gasteiger partial charge on any atom is -0.357 e. The number of hydrogen-bond donors (Lipinski definition) is 2. The van der Waals surface area contributed by atoms with Gasteiger partial charge in [-0.2, -0.15) is 0 Å².